The average Bonchev–Trinajstić information content (AvgIpc) is 2.80. The summed E-state index contributed by atoms with van der Waals surface area (Å²) in [6, 6.07) is 4.96. The number of amides is 1. The first-order valence-electron chi connectivity index (χ1n) is 6.25. The minimum atomic E-state index is -4.40. The smallest absolute Gasteiger partial charge is 0.292 e. The first-order chi connectivity index (χ1) is 9.81. The van der Waals surface area contributed by atoms with Crippen LogP contribution in [0.1, 0.15) is 24.3 Å². The van der Waals surface area contributed by atoms with E-state index in [0.29, 0.717) is 10.5 Å². The Kier molecular flexibility index (Phi) is 4.32. The Morgan fingerprint density at radius 2 is 2.10 bits per heavy atom. The van der Waals surface area contributed by atoms with Crippen molar-refractivity contribution in [2.45, 2.75) is 26.4 Å². The SMILES string of the molecule is CCc1cn(-c2cccc(C(F)(F)F)c2)c(=NC(C)=O)s1. The predicted octanol–water partition coefficient (Wildman–Crippen LogP) is 3.57. The van der Waals surface area contributed by atoms with Crippen molar-refractivity contribution in [1.29, 1.82) is 0 Å². The molecule has 3 nitrogen and oxygen atoms in total. The quantitative estimate of drug-likeness (QED) is 0.834. The Bertz CT molecular complexity index is 728. The van der Waals surface area contributed by atoms with Gasteiger partial charge in [-0.2, -0.15) is 18.2 Å². The third-order valence-corrected chi connectivity index (χ3v) is 3.88. The molecule has 0 unspecified atom stereocenters. The molecule has 0 atom stereocenters. The summed E-state index contributed by atoms with van der Waals surface area (Å²) in [5.41, 5.74) is -0.397. The van der Waals surface area contributed by atoms with Crippen LogP contribution in [0, 0.1) is 0 Å². The standard InChI is InChI=1S/C14H13F3N2OS/c1-3-12-8-19(13(21-12)18-9(2)20)11-6-4-5-10(7-11)14(15,16)17/h4-8H,3H2,1-2H3. The van der Waals surface area contributed by atoms with Gasteiger partial charge in [0, 0.05) is 23.7 Å². The highest BCUT2D eigenvalue weighted by atomic mass is 32.1. The largest absolute Gasteiger partial charge is 0.416 e. The lowest BCUT2D eigenvalue weighted by Crippen LogP contribution is -2.14. The van der Waals surface area contributed by atoms with E-state index in [9.17, 15) is 18.0 Å². The first kappa shape index (κ1) is 15.5. The lowest BCUT2D eigenvalue weighted by molar-refractivity contribution is -0.137. The van der Waals surface area contributed by atoms with Crippen molar-refractivity contribution in [3.05, 3.63) is 45.7 Å². The molecule has 0 N–H and O–H groups in total. The van der Waals surface area contributed by atoms with Crippen molar-refractivity contribution >= 4 is 17.2 Å². The second-order valence-electron chi connectivity index (χ2n) is 4.38. The third-order valence-electron chi connectivity index (χ3n) is 2.75. The molecule has 2 aromatic rings. The average molecular weight is 314 g/mol. The van der Waals surface area contributed by atoms with E-state index in [-0.39, 0.29) is 5.91 Å². The van der Waals surface area contributed by atoms with Crippen LogP contribution in [0.15, 0.2) is 35.5 Å². The molecule has 112 valence electrons. The van der Waals surface area contributed by atoms with Crippen LogP contribution < -0.4 is 4.80 Å². The molecule has 1 amide bonds. The van der Waals surface area contributed by atoms with Crippen LogP contribution >= 0.6 is 11.3 Å². The summed E-state index contributed by atoms with van der Waals surface area (Å²) >= 11 is 1.29. The van der Waals surface area contributed by atoms with E-state index in [1.807, 2.05) is 6.92 Å². The zero-order chi connectivity index (χ0) is 15.6. The van der Waals surface area contributed by atoms with Crippen LogP contribution in [0.4, 0.5) is 13.2 Å². The summed E-state index contributed by atoms with van der Waals surface area (Å²) in [6.45, 7) is 3.24. The third kappa shape index (κ3) is 3.60. The van der Waals surface area contributed by atoms with Gasteiger partial charge in [-0.05, 0) is 24.6 Å². The van der Waals surface area contributed by atoms with Gasteiger partial charge in [0.2, 0.25) is 5.91 Å². The van der Waals surface area contributed by atoms with E-state index < -0.39 is 11.7 Å². The van der Waals surface area contributed by atoms with Gasteiger partial charge in [-0.25, -0.2) is 0 Å². The van der Waals surface area contributed by atoms with E-state index in [4.69, 9.17) is 0 Å². The topological polar surface area (TPSA) is 34.4 Å². The van der Waals surface area contributed by atoms with Crippen molar-refractivity contribution < 1.29 is 18.0 Å². The molecule has 0 aliphatic carbocycles. The van der Waals surface area contributed by atoms with Gasteiger partial charge < -0.3 is 0 Å². The number of aryl methyl sites for hydroxylation is 1. The van der Waals surface area contributed by atoms with Crippen LogP contribution in [-0.2, 0) is 17.4 Å². The first-order valence-corrected chi connectivity index (χ1v) is 7.07. The number of hydrogen-bond donors (Lipinski definition) is 0. The summed E-state index contributed by atoms with van der Waals surface area (Å²) in [7, 11) is 0. The number of aromatic nitrogens is 1. The Hall–Kier alpha value is -1.89. The Morgan fingerprint density at radius 3 is 2.67 bits per heavy atom. The summed E-state index contributed by atoms with van der Waals surface area (Å²) in [4.78, 5) is 16.3. The number of alkyl halides is 3. The van der Waals surface area contributed by atoms with Crippen molar-refractivity contribution in [2.24, 2.45) is 4.99 Å². The van der Waals surface area contributed by atoms with Gasteiger partial charge in [0.1, 0.15) is 0 Å². The number of halogens is 3. The monoisotopic (exact) mass is 314 g/mol. The van der Waals surface area contributed by atoms with Crippen LogP contribution in [-0.4, -0.2) is 10.5 Å². The lowest BCUT2D eigenvalue weighted by Gasteiger charge is -2.09. The Balaban J connectivity index is 2.62. The molecular formula is C14H13F3N2OS. The predicted molar refractivity (Wildman–Crippen MR) is 74.3 cm³/mol. The molecule has 0 saturated carbocycles. The van der Waals surface area contributed by atoms with E-state index in [0.717, 1.165) is 23.4 Å². The number of carbonyl (C=O) groups is 1. The van der Waals surface area contributed by atoms with Gasteiger partial charge in [-0.3, -0.25) is 9.36 Å². The molecule has 2 rings (SSSR count). The van der Waals surface area contributed by atoms with Crippen molar-refractivity contribution in [2.75, 3.05) is 0 Å². The molecule has 0 fully saturated rings. The molecule has 0 saturated heterocycles. The van der Waals surface area contributed by atoms with Gasteiger partial charge in [-0.1, -0.05) is 13.0 Å². The lowest BCUT2D eigenvalue weighted by atomic mass is 10.2. The minimum Gasteiger partial charge on any atom is -0.292 e. The van der Waals surface area contributed by atoms with Crippen LogP contribution in [0.25, 0.3) is 5.69 Å². The number of hydrogen-bond acceptors (Lipinski definition) is 2. The molecule has 1 heterocycles. The second kappa shape index (κ2) is 5.85. The number of thiazole rings is 1. The van der Waals surface area contributed by atoms with E-state index >= 15 is 0 Å². The molecule has 7 heteroatoms. The van der Waals surface area contributed by atoms with Crippen LogP contribution in [0.2, 0.25) is 0 Å². The molecule has 0 bridgehead atoms. The number of nitrogens with zero attached hydrogens (tertiary/aromatic N) is 2. The summed E-state index contributed by atoms with van der Waals surface area (Å²) in [5.74, 6) is -0.389. The summed E-state index contributed by atoms with van der Waals surface area (Å²) < 4.78 is 39.9. The molecule has 1 aromatic carbocycles. The second-order valence-corrected chi connectivity index (χ2v) is 5.48. The van der Waals surface area contributed by atoms with Gasteiger partial charge >= 0.3 is 6.18 Å². The molecular weight excluding hydrogens is 301 g/mol. The van der Waals surface area contributed by atoms with Crippen molar-refractivity contribution in [3.63, 3.8) is 0 Å². The highest BCUT2D eigenvalue weighted by molar-refractivity contribution is 7.09. The van der Waals surface area contributed by atoms with E-state index in [1.165, 1.54) is 28.9 Å². The molecule has 1 aromatic heterocycles. The Labute approximate surface area is 123 Å². The van der Waals surface area contributed by atoms with Crippen LogP contribution in [0.3, 0.4) is 0 Å². The minimum absolute atomic E-state index is 0.334. The maximum atomic E-state index is 12.8. The van der Waals surface area contributed by atoms with Crippen molar-refractivity contribution in [1.82, 2.24) is 4.57 Å². The number of rotatable bonds is 2. The molecule has 0 radical (unpaired) electrons. The van der Waals surface area contributed by atoms with Gasteiger partial charge in [0.15, 0.2) is 4.80 Å². The normalized spacial score (nSPS) is 12.7. The maximum absolute atomic E-state index is 12.8. The summed E-state index contributed by atoms with van der Waals surface area (Å²) in [6.07, 6.45) is -1.98. The highest BCUT2D eigenvalue weighted by Gasteiger charge is 2.30. The summed E-state index contributed by atoms with van der Waals surface area (Å²) in [5, 5.41) is 0. The van der Waals surface area contributed by atoms with Crippen LogP contribution in [0.5, 0.6) is 0 Å². The fourth-order valence-corrected chi connectivity index (χ4v) is 2.75. The fraction of sp³-hybridized carbons (Fsp3) is 0.286. The Morgan fingerprint density at radius 1 is 1.38 bits per heavy atom. The maximum Gasteiger partial charge on any atom is 0.416 e. The molecule has 0 spiro atoms. The zero-order valence-corrected chi connectivity index (χ0v) is 12.3. The van der Waals surface area contributed by atoms with Gasteiger partial charge in [0.25, 0.3) is 0 Å². The zero-order valence-electron chi connectivity index (χ0n) is 11.4. The van der Waals surface area contributed by atoms with Crippen molar-refractivity contribution in [3.8, 4) is 5.69 Å². The molecule has 0 aliphatic rings. The number of carbonyl (C=O) groups excluding carboxylic acids is 1. The highest BCUT2D eigenvalue weighted by Crippen LogP contribution is 2.30. The fourth-order valence-electron chi connectivity index (χ4n) is 1.78. The molecule has 0 aliphatic heterocycles. The molecule has 21 heavy (non-hydrogen) atoms. The van der Waals surface area contributed by atoms with E-state index in [2.05, 4.69) is 4.99 Å². The van der Waals surface area contributed by atoms with E-state index in [1.54, 1.807) is 12.3 Å². The van der Waals surface area contributed by atoms with Gasteiger partial charge in [-0.15, -0.1) is 11.3 Å². The number of benzene rings is 1. The van der Waals surface area contributed by atoms with Gasteiger partial charge in [0.05, 0.1) is 5.56 Å².